The van der Waals surface area contributed by atoms with Gasteiger partial charge in [0.15, 0.2) is 0 Å². The van der Waals surface area contributed by atoms with E-state index in [0.29, 0.717) is 17.8 Å². The maximum Gasteiger partial charge on any atom is 0.251 e. The molecule has 0 bridgehead atoms. The van der Waals surface area contributed by atoms with Gasteiger partial charge in [-0.05, 0) is 31.0 Å². The Morgan fingerprint density at radius 1 is 1.33 bits per heavy atom. The molecule has 0 unspecified atom stereocenters. The second-order valence-electron chi connectivity index (χ2n) is 5.72. The van der Waals surface area contributed by atoms with Gasteiger partial charge in [-0.15, -0.1) is 0 Å². The number of carbonyl (C=O) groups is 1. The first-order chi connectivity index (χ1) is 9.89. The predicted molar refractivity (Wildman–Crippen MR) is 87.6 cm³/mol. The number of aliphatic hydroxyl groups is 1. The fourth-order valence-electron chi connectivity index (χ4n) is 2.25. The van der Waals surface area contributed by atoms with Crippen molar-refractivity contribution in [3.63, 3.8) is 0 Å². The van der Waals surface area contributed by atoms with Crippen molar-refractivity contribution in [1.29, 1.82) is 0 Å². The Hall–Kier alpha value is -1.75. The molecule has 4 N–H and O–H groups in total. The van der Waals surface area contributed by atoms with E-state index in [0.717, 1.165) is 18.5 Å². The van der Waals surface area contributed by atoms with Gasteiger partial charge in [-0.25, -0.2) is 0 Å². The molecule has 0 fully saturated rings. The summed E-state index contributed by atoms with van der Waals surface area (Å²) in [6.45, 7) is 4.58. The molecule has 1 rings (SSSR count). The Balaban J connectivity index is 2.79. The Bertz CT molecular complexity index is 474. The van der Waals surface area contributed by atoms with Crippen molar-refractivity contribution < 1.29 is 9.90 Å². The van der Waals surface area contributed by atoms with Crippen molar-refractivity contribution in [3.8, 4) is 0 Å². The molecule has 5 nitrogen and oxygen atoms in total. The van der Waals surface area contributed by atoms with Gasteiger partial charge in [0, 0.05) is 31.6 Å². The summed E-state index contributed by atoms with van der Waals surface area (Å²) in [4.78, 5) is 14.1. The number of rotatable bonds is 7. The Morgan fingerprint density at radius 2 is 1.95 bits per heavy atom. The van der Waals surface area contributed by atoms with Crippen LogP contribution in [-0.4, -0.2) is 38.3 Å². The standard InChI is InChI=1S/C16H27N3O2/c1-5-16(6-2,11-20)10-18-15(21)12-7-8-14(19(3)4)13(17)9-12/h7-9,20H,5-6,10-11,17H2,1-4H3,(H,18,21). The van der Waals surface area contributed by atoms with Crippen molar-refractivity contribution in [2.45, 2.75) is 26.7 Å². The third kappa shape index (κ3) is 4.11. The minimum atomic E-state index is -0.245. The maximum absolute atomic E-state index is 12.2. The number of nitrogens with one attached hydrogen (secondary N) is 1. The van der Waals surface area contributed by atoms with E-state index in [1.165, 1.54) is 0 Å². The van der Waals surface area contributed by atoms with Gasteiger partial charge in [-0.2, -0.15) is 0 Å². The lowest BCUT2D eigenvalue weighted by atomic mass is 9.83. The number of hydrogen-bond donors (Lipinski definition) is 3. The van der Waals surface area contributed by atoms with Crippen molar-refractivity contribution in [2.24, 2.45) is 5.41 Å². The van der Waals surface area contributed by atoms with Crippen LogP contribution in [0.25, 0.3) is 0 Å². The summed E-state index contributed by atoms with van der Waals surface area (Å²) >= 11 is 0. The number of aliphatic hydroxyl groups excluding tert-OH is 1. The lowest BCUT2D eigenvalue weighted by Crippen LogP contribution is -2.39. The minimum absolute atomic E-state index is 0.0714. The van der Waals surface area contributed by atoms with E-state index < -0.39 is 0 Å². The minimum Gasteiger partial charge on any atom is -0.397 e. The lowest BCUT2D eigenvalue weighted by molar-refractivity contribution is 0.0851. The quantitative estimate of drug-likeness (QED) is 0.671. The summed E-state index contributed by atoms with van der Waals surface area (Å²) in [5, 5.41) is 12.4. The molecule has 21 heavy (non-hydrogen) atoms. The van der Waals surface area contributed by atoms with Crippen LogP contribution in [0.2, 0.25) is 0 Å². The molecular weight excluding hydrogens is 266 g/mol. The molecule has 5 heteroatoms. The molecule has 0 radical (unpaired) electrons. The van der Waals surface area contributed by atoms with Crippen molar-refractivity contribution >= 4 is 17.3 Å². The number of benzene rings is 1. The van der Waals surface area contributed by atoms with Crippen molar-refractivity contribution in [1.82, 2.24) is 5.32 Å². The molecule has 1 aromatic rings. The van der Waals surface area contributed by atoms with Crippen LogP contribution in [0.15, 0.2) is 18.2 Å². The van der Waals surface area contributed by atoms with Gasteiger partial charge in [-0.1, -0.05) is 13.8 Å². The molecule has 0 aromatic heterocycles. The average molecular weight is 293 g/mol. The second-order valence-corrected chi connectivity index (χ2v) is 5.72. The van der Waals surface area contributed by atoms with Crippen LogP contribution in [0, 0.1) is 5.41 Å². The SMILES string of the molecule is CCC(CC)(CO)CNC(=O)c1ccc(N(C)C)c(N)c1. The highest BCUT2D eigenvalue weighted by Crippen LogP contribution is 2.25. The fourth-order valence-corrected chi connectivity index (χ4v) is 2.25. The molecule has 0 heterocycles. The zero-order valence-electron chi connectivity index (χ0n) is 13.4. The maximum atomic E-state index is 12.2. The second kappa shape index (κ2) is 7.31. The largest absolute Gasteiger partial charge is 0.397 e. The van der Waals surface area contributed by atoms with Gasteiger partial charge >= 0.3 is 0 Å². The molecule has 0 atom stereocenters. The first-order valence-corrected chi connectivity index (χ1v) is 7.35. The van der Waals surface area contributed by atoms with Crippen LogP contribution in [0.5, 0.6) is 0 Å². The molecule has 0 saturated heterocycles. The van der Waals surface area contributed by atoms with E-state index in [2.05, 4.69) is 5.32 Å². The molecule has 0 saturated carbocycles. The third-order valence-electron chi connectivity index (χ3n) is 4.23. The molecule has 0 aliphatic carbocycles. The van der Waals surface area contributed by atoms with Gasteiger partial charge in [0.2, 0.25) is 0 Å². The van der Waals surface area contributed by atoms with Gasteiger partial charge in [0.25, 0.3) is 5.91 Å². The van der Waals surface area contributed by atoms with E-state index in [-0.39, 0.29) is 17.9 Å². The van der Waals surface area contributed by atoms with Gasteiger partial charge in [-0.3, -0.25) is 4.79 Å². The molecule has 118 valence electrons. The van der Waals surface area contributed by atoms with Crippen LogP contribution < -0.4 is 16.0 Å². The Labute approximate surface area is 127 Å². The number of nitrogen functional groups attached to an aromatic ring is 1. The van der Waals surface area contributed by atoms with E-state index in [1.807, 2.05) is 38.9 Å². The first kappa shape index (κ1) is 17.3. The normalized spacial score (nSPS) is 11.3. The number of nitrogens with two attached hydrogens (primary N) is 1. The Kier molecular flexibility index (Phi) is 6.03. The highest BCUT2D eigenvalue weighted by Gasteiger charge is 2.26. The monoisotopic (exact) mass is 293 g/mol. The molecule has 0 spiro atoms. The smallest absolute Gasteiger partial charge is 0.251 e. The van der Waals surface area contributed by atoms with Crippen LogP contribution in [0.3, 0.4) is 0 Å². The zero-order valence-corrected chi connectivity index (χ0v) is 13.4. The van der Waals surface area contributed by atoms with Gasteiger partial charge < -0.3 is 21.1 Å². The summed E-state index contributed by atoms with van der Waals surface area (Å²) in [5.74, 6) is -0.160. The number of anilines is 2. The molecule has 1 aromatic carbocycles. The van der Waals surface area contributed by atoms with Crippen molar-refractivity contribution in [2.75, 3.05) is 37.9 Å². The van der Waals surface area contributed by atoms with Crippen LogP contribution >= 0.6 is 0 Å². The third-order valence-corrected chi connectivity index (χ3v) is 4.23. The molecule has 1 amide bonds. The summed E-state index contributed by atoms with van der Waals surface area (Å²) < 4.78 is 0. The van der Waals surface area contributed by atoms with Crippen LogP contribution in [-0.2, 0) is 0 Å². The van der Waals surface area contributed by atoms with E-state index in [1.54, 1.807) is 12.1 Å². The van der Waals surface area contributed by atoms with E-state index in [9.17, 15) is 9.90 Å². The van der Waals surface area contributed by atoms with Crippen LogP contribution in [0.1, 0.15) is 37.0 Å². The zero-order chi connectivity index (χ0) is 16.0. The van der Waals surface area contributed by atoms with Crippen molar-refractivity contribution in [3.05, 3.63) is 23.8 Å². The molecular formula is C16H27N3O2. The lowest BCUT2D eigenvalue weighted by Gasteiger charge is -2.29. The number of hydrogen-bond acceptors (Lipinski definition) is 4. The number of amides is 1. The molecule has 0 aliphatic rings. The van der Waals surface area contributed by atoms with Crippen LogP contribution in [0.4, 0.5) is 11.4 Å². The fraction of sp³-hybridized carbons (Fsp3) is 0.562. The van der Waals surface area contributed by atoms with E-state index >= 15 is 0 Å². The average Bonchev–Trinajstić information content (AvgIpc) is 2.48. The van der Waals surface area contributed by atoms with Gasteiger partial charge in [0.1, 0.15) is 0 Å². The summed E-state index contributed by atoms with van der Waals surface area (Å²) in [5.41, 5.74) is 7.72. The van der Waals surface area contributed by atoms with E-state index in [4.69, 9.17) is 5.73 Å². The predicted octanol–water partition coefficient (Wildman–Crippen LogP) is 1.86. The summed E-state index contributed by atoms with van der Waals surface area (Å²) in [6, 6.07) is 5.28. The highest BCUT2D eigenvalue weighted by molar-refractivity contribution is 5.96. The topological polar surface area (TPSA) is 78.6 Å². The van der Waals surface area contributed by atoms with Gasteiger partial charge in [0.05, 0.1) is 18.0 Å². The highest BCUT2D eigenvalue weighted by atomic mass is 16.3. The molecule has 0 aliphatic heterocycles. The number of nitrogens with zero attached hydrogens (tertiary/aromatic N) is 1. The number of carbonyl (C=O) groups excluding carboxylic acids is 1. The first-order valence-electron chi connectivity index (χ1n) is 7.35. The summed E-state index contributed by atoms with van der Waals surface area (Å²) in [7, 11) is 3.81. The Morgan fingerprint density at radius 3 is 2.38 bits per heavy atom. The summed E-state index contributed by atoms with van der Waals surface area (Å²) in [6.07, 6.45) is 1.64.